The first kappa shape index (κ1) is 24.3. The molecule has 1 saturated carbocycles. The lowest BCUT2D eigenvalue weighted by atomic mass is 9.50. The molecule has 3 aliphatic rings. The molecule has 0 amide bonds. The highest BCUT2D eigenvalue weighted by Gasteiger charge is 2.60. The van der Waals surface area contributed by atoms with E-state index in [-0.39, 0.29) is 30.3 Å². The predicted octanol–water partition coefficient (Wildman–Crippen LogP) is 4.05. The van der Waals surface area contributed by atoms with E-state index < -0.39 is 34.7 Å². The molecule has 8 heteroatoms. The smallest absolute Gasteiger partial charge is 0.352 e. The van der Waals surface area contributed by atoms with Gasteiger partial charge < -0.3 is 5.11 Å². The number of phenols is 1. The summed E-state index contributed by atoms with van der Waals surface area (Å²) in [6, 6.07) is 19.2. The Kier molecular flexibility index (Phi) is 5.10. The van der Waals surface area contributed by atoms with Gasteiger partial charge in [0.15, 0.2) is 11.6 Å². The Morgan fingerprint density at radius 2 is 1.62 bits per heavy atom. The van der Waals surface area contributed by atoms with Crippen LogP contribution in [0.3, 0.4) is 0 Å². The molecule has 7 rings (SSSR count). The Labute approximate surface area is 229 Å². The number of allylic oxidation sites excluding steroid dienone is 4. The number of para-hydroxylation sites is 1. The topological polar surface area (TPSA) is 103 Å². The van der Waals surface area contributed by atoms with Gasteiger partial charge in [-0.05, 0) is 59.5 Å². The monoisotopic (exact) mass is 533 g/mol. The second-order valence-corrected chi connectivity index (χ2v) is 11.2. The second-order valence-electron chi connectivity index (χ2n) is 11.2. The fourth-order valence-electron chi connectivity index (χ4n) is 7.24. The van der Waals surface area contributed by atoms with Crippen LogP contribution in [0.15, 0.2) is 99.6 Å². The molecule has 4 aromatic rings. The van der Waals surface area contributed by atoms with E-state index in [0.29, 0.717) is 16.8 Å². The third-order valence-corrected chi connectivity index (χ3v) is 9.19. The molecule has 1 aromatic heterocycles. The molecule has 0 saturated heterocycles. The van der Waals surface area contributed by atoms with Crippen LogP contribution in [0, 0.1) is 11.3 Å². The van der Waals surface area contributed by atoms with Gasteiger partial charge in [-0.3, -0.25) is 9.59 Å². The highest BCUT2D eigenvalue weighted by molar-refractivity contribution is 6.13. The molecule has 1 N–H and O–H groups in total. The molecule has 1 fully saturated rings. The van der Waals surface area contributed by atoms with Gasteiger partial charge in [-0.2, -0.15) is 0 Å². The summed E-state index contributed by atoms with van der Waals surface area (Å²) in [7, 11) is 0. The minimum atomic E-state index is -1.19. The van der Waals surface area contributed by atoms with Crippen LogP contribution in [0.5, 0.6) is 5.75 Å². The van der Waals surface area contributed by atoms with E-state index in [2.05, 4.69) is 0 Å². The zero-order chi connectivity index (χ0) is 27.9. The van der Waals surface area contributed by atoms with Crippen molar-refractivity contribution < 1.29 is 14.7 Å². The number of hydrogen-bond donors (Lipinski definition) is 1. The largest absolute Gasteiger partial charge is 0.508 e. The van der Waals surface area contributed by atoms with Crippen LogP contribution in [-0.4, -0.2) is 30.6 Å². The molecular weight excluding hydrogens is 506 g/mol. The molecular formula is C32H27N3O5. The molecule has 8 nitrogen and oxygen atoms in total. The van der Waals surface area contributed by atoms with Gasteiger partial charge in [-0.25, -0.2) is 23.5 Å². The zero-order valence-electron chi connectivity index (χ0n) is 22.1. The maximum atomic E-state index is 13.9. The van der Waals surface area contributed by atoms with Gasteiger partial charge in [0.05, 0.1) is 23.7 Å². The normalized spacial score (nSPS) is 25.6. The Morgan fingerprint density at radius 1 is 0.900 bits per heavy atom. The van der Waals surface area contributed by atoms with E-state index in [1.54, 1.807) is 37.3 Å². The Hall–Kier alpha value is -4.72. The molecule has 2 aliphatic carbocycles. The van der Waals surface area contributed by atoms with Crippen molar-refractivity contribution >= 4 is 22.3 Å². The summed E-state index contributed by atoms with van der Waals surface area (Å²) in [4.78, 5) is 55.1. The molecule has 40 heavy (non-hydrogen) atoms. The Bertz CT molecular complexity index is 1940. The van der Waals surface area contributed by atoms with E-state index in [9.17, 15) is 24.3 Å². The van der Waals surface area contributed by atoms with Gasteiger partial charge in [0.1, 0.15) is 5.75 Å². The van der Waals surface area contributed by atoms with Crippen molar-refractivity contribution in [3.05, 3.63) is 117 Å². The summed E-state index contributed by atoms with van der Waals surface area (Å²) in [6.07, 6.45) is 3.51. The maximum absolute atomic E-state index is 13.9. The number of carbonyl (C=O) groups is 2. The minimum absolute atomic E-state index is 0.0221. The van der Waals surface area contributed by atoms with Crippen molar-refractivity contribution in [2.45, 2.75) is 38.8 Å². The number of benzene rings is 3. The summed E-state index contributed by atoms with van der Waals surface area (Å²) >= 11 is 0. The van der Waals surface area contributed by atoms with E-state index in [1.165, 1.54) is 15.4 Å². The quantitative estimate of drug-likeness (QED) is 0.392. The van der Waals surface area contributed by atoms with E-state index in [4.69, 9.17) is 0 Å². The number of carbonyl (C=O) groups excluding carboxylic acids is 2. The fourth-order valence-corrected chi connectivity index (χ4v) is 7.24. The first-order valence-electron chi connectivity index (χ1n) is 13.4. The van der Waals surface area contributed by atoms with Crippen molar-refractivity contribution in [3.63, 3.8) is 0 Å². The third-order valence-electron chi connectivity index (χ3n) is 9.19. The Morgan fingerprint density at radius 3 is 2.40 bits per heavy atom. The molecule has 4 atom stereocenters. The summed E-state index contributed by atoms with van der Waals surface area (Å²) < 4.78 is 4.00. The van der Waals surface area contributed by atoms with E-state index in [0.717, 1.165) is 20.9 Å². The van der Waals surface area contributed by atoms with Gasteiger partial charge >= 0.3 is 11.4 Å². The van der Waals surface area contributed by atoms with Crippen LogP contribution in [0.4, 0.5) is 0 Å². The molecule has 3 aromatic carbocycles. The highest BCUT2D eigenvalue weighted by Crippen LogP contribution is 2.61. The van der Waals surface area contributed by atoms with Crippen molar-refractivity contribution in [2.24, 2.45) is 11.3 Å². The number of ketones is 2. The molecule has 0 unspecified atom stereocenters. The number of fused-ring (bicyclic) bond motifs is 5. The predicted molar refractivity (Wildman–Crippen MR) is 150 cm³/mol. The summed E-state index contributed by atoms with van der Waals surface area (Å²) in [5.74, 6) is -1.75. The number of phenolic OH excluding ortho intramolecular Hbond substituents is 1. The second kappa shape index (κ2) is 8.39. The maximum Gasteiger partial charge on any atom is 0.352 e. The lowest BCUT2D eigenvalue weighted by molar-refractivity contribution is -0.139. The molecule has 200 valence electrons. The summed E-state index contributed by atoms with van der Waals surface area (Å²) in [5.41, 5.74) is -0.00377. The van der Waals surface area contributed by atoms with Crippen LogP contribution in [0.1, 0.15) is 37.8 Å². The number of nitrogens with zero attached hydrogens (tertiary/aromatic N) is 3. The SMILES string of the molecule is CC1=CC(=O)[C@@]2(C)[C@@H](c3c(O)ccc4ccccc34)C3=CCn4c(=O)n(-c5ccccc5)c(=O)n4[C@@H]3C[C@H]2C1=O. The van der Waals surface area contributed by atoms with Gasteiger partial charge in [0, 0.05) is 17.4 Å². The molecule has 1 aliphatic heterocycles. The van der Waals surface area contributed by atoms with Gasteiger partial charge in [-0.1, -0.05) is 61.5 Å². The first-order chi connectivity index (χ1) is 19.2. The first-order valence-corrected chi connectivity index (χ1v) is 13.4. The average Bonchev–Trinajstić information content (AvgIpc) is 3.22. The van der Waals surface area contributed by atoms with E-state index in [1.807, 2.05) is 49.4 Å². The number of rotatable bonds is 2. The van der Waals surface area contributed by atoms with Gasteiger partial charge in [0.25, 0.3) is 0 Å². The average molecular weight is 534 g/mol. The van der Waals surface area contributed by atoms with Crippen molar-refractivity contribution in [1.29, 1.82) is 0 Å². The van der Waals surface area contributed by atoms with E-state index >= 15 is 0 Å². The highest BCUT2D eigenvalue weighted by atomic mass is 16.3. The van der Waals surface area contributed by atoms with Crippen molar-refractivity contribution in [1.82, 2.24) is 13.9 Å². The molecule has 0 spiro atoms. The summed E-state index contributed by atoms with van der Waals surface area (Å²) in [5, 5.41) is 13.0. The molecule has 2 heterocycles. The molecule has 0 bridgehead atoms. The minimum Gasteiger partial charge on any atom is -0.508 e. The van der Waals surface area contributed by atoms with Crippen molar-refractivity contribution in [3.8, 4) is 11.4 Å². The Balaban J connectivity index is 1.52. The number of Topliss-reactive ketones (excluding diaryl/α,β-unsaturated/α-hetero) is 1. The van der Waals surface area contributed by atoms with Gasteiger partial charge in [0.2, 0.25) is 0 Å². The van der Waals surface area contributed by atoms with Crippen LogP contribution >= 0.6 is 0 Å². The standard InChI is InChI=1S/C32H27N3O5/c1-18-16-26(37)32(2)23(29(18)38)17-24-22(28(32)27-21-11-7-6-8-19(21)12-13-25(27)36)14-15-33-30(39)34(31(40)35(24)33)20-9-4-3-5-10-20/h3-14,16,23-24,28,36H,15,17H2,1-2H3/t23-,24+,28+,32-/m0/s1. The van der Waals surface area contributed by atoms with Gasteiger partial charge in [-0.15, -0.1) is 0 Å². The van der Waals surface area contributed by atoms with Crippen LogP contribution in [0.2, 0.25) is 0 Å². The molecule has 0 radical (unpaired) electrons. The number of hydrogen-bond acceptors (Lipinski definition) is 5. The third kappa shape index (κ3) is 3.07. The lowest BCUT2D eigenvalue weighted by Crippen LogP contribution is -2.54. The lowest BCUT2D eigenvalue weighted by Gasteiger charge is -2.52. The van der Waals surface area contributed by atoms with Crippen LogP contribution in [-0.2, 0) is 16.1 Å². The van der Waals surface area contributed by atoms with Crippen molar-refractivity contribution in [2.75, 3.05) is 0 Å². The number of aromatic hydroxyl groups is 1. The van der Waals surface area contributed by atoms with Crippen LogP contribution in [0.25, 0.3) is 16.5 Å². The fraction of sp³-hybridized carbons (Fsp3) is 0.250. The van der Waals surface area contributed by atoms with Crippen LogP contribution < -0.4 is 11.4 Å². The number of aromatic nitrogens is 3. The zero-order valence-corrected chi connectivity index (χ0v) is 22.1. The summed E-state index contributed by atoms with van der Waals surface area (Å²) in [6.45, 7) is 3.58.